The second-order valence-electron chi connectivity index (χ2n) is 7.53. The summed E-state index contributed by atoms with van der Waals surface area (Å²) in [4.78, 5) is 26.8. The fraction of sp³-hybridized carbons (Fsp3) is 0.185. The van der Waals surface area contributed by atoms with Crippen molar-refractivity contribution < 1.29 is 23.8 Å². The number of carbonyl (C=O) groups excluding carboxylic acids is 2. The molecule has 0 unspecified atom stereocenters. The SMILES string of the molecule is CCOc1cc(/C=C2\SC(=O)N(CCOc3ccccc3)C2=O)cc(Cl)c1OCc1ccccc1. The molecule has 3 aromatic rings. The first kappa shape index (κ1) is 24.7. The van der Waals surface area contributed by atoms with Crippen LogP contribution in [0.25, 0.3) is 6.08 Å². The van der Waals surface area contributed by atoms with Crippen molar-refractivity contribution in [2.24, 2.45) is 0 Å². The minimum atomic E-state index is -0.366. The molecule has 0 bridgehead atoms. The normalized spacial score (nSPS) is 14.5. The molecule has 3 aromatic carbocycles. The number of hydrogen-bond acceptors (Lipinski definition) is 6. The van der Waals surface area contributed by atoms with Crippen molar-refractivity contribution in [3.63, 3.8) is 0 Å². The monoisotopic (exact) mass is 509 g/mol. The molecule has 4 rings (SSSR count). The van der Waals surface area contributed by atoms with Gasteiger partial charge in [0, 0.05) is 0 Å². The van der Waals surface area contributed by atoms with Crippen LogP contribution in [0.4, 0.5) is 4.79 Å². The van der Waals surface area contributed by atoms with Gasteiger partial charge in [0.15, 0.2) is 11.5 Å². The summed E-state index contributed by atoms with van der Waals surface area (Å²) in [5, 5.41) is 0.0190. The van der Waals surface area contributed by atoms with Crippen LogP contribution in [0, 0.1) is 0 Å². The highest BCUT2D eigenvalue weighted by Crippen LogP contribution is 2.39. The topological polar surface area (TPSA) is 65.1 Å². The second kappa shape index (κ2) is 11.8. The number of nitrogens with zero attached hydrogens (tertiary/aromatic N) is 1. The maximum Gasteiger partial charge on any atom is 0.293 e. The van der Waals surface area contributed by atoms with Crippen LogP contribution < -0.4 is 14.2 Å². The van der Waals surface area contributed by atoms with Gasteiger partial charge in [0.25, 0.3) is 11.1 Å². The van der Waals surface area contributed by atoms with Crippen molar-refractivity contribution in [1.82, 2.24) is 4.90 Å². The van der Waals surface area contributed by atoms with Crippen molar-refractivity contribution >= 4 is 40.6 Å². The largest absolute Gasteiger partial charge is 0.492 e. The lowest BCUT2D eigenvalue weighted by Crippen LogP contribution is -2.32. The van der Waals surface area contributed by atoms with Crippen molar-refractivity contribution in [1.29, 1.82) is 0 Å². The molecule has 1 fully saturated rings. The summed E-state index contributed by atoms with van der Waals surface area (Å²) in [5.41, 5.74) is 1.64. The first-order valence-electron chi connectivity index (χ1n) is 11.1. The van der Waals surface area contributed by atoms with Crippen molar-refractivity contribution in [3.05, 3.63) is 93.9 Å². The Kier molecular flexibility index (Phi) is 8.34. The van der Waals surface area contributed by atoms with E-state index in [0.29, 0.717) is 46.0 Å². The van der Waals surface area contributed by atoms with E-state index >= 15 is 0 Å². The lowest BCUT2D eigenvalue weighted by molar-refractivity contribution is -0.123. The number of rotatable bonds is 10. The van der Waals surface area contributed by atoms with Crippen LogP contribution >= 0.6 is 23.4 Å². The van der Waals surface area contributed by atoms with Crippen LogP contribution in [0.5, 0.6) is 17.2 Å². The maximum atomic E-state index is 12.9. The highest BCUT2D eigenvalue weighted by Gasteiger charge is 2.35. The first-order chi connectivity index (χ1) is 17.0. The molecule has 8 heteroatoms. The molecular formula is C27H24ClNO5S. The maximum absolute atomic E-state index is 12.9. The third-order valence-electron chi connectivity index (χ3n) is 5.06. The number of benzene rings is 3. The summed E-state index contributed by atoms with van der Waals surface area (Å²) in [6.07, 6.45) is 1.64. The number of hydrogen-bond donors (Lipinski definition) is 0. The molecule has 0 N–H and O–H groups in total. The van der Waals surface area contributed by atoms with Gasteiger partial charge in [-0.25, -0.2) is 0 Å². The van der Waals surface area contributed by atoms with Gasteiger partial charge in [-0.3, -0.25) is 14.5 Å². The second-order valence-corrected chi connectivity index (χ2v) is 8.93. The Morgan fingerprint density at radius 1 is 0.943 bits per heavy atom. The minimum Gasteiger partial charge on any atom is -0.492 e. The van der Waals surface area contributed by atoms with Gasteiger partial charge in [-0.2, -0.15) is 0 Å². The van der Waals surface area contributed by atoms with Gasteiger partial charge in [-0.1, -0.05) is 60.1 Å². The molecule has 0 aliphatic carbocycles. The number of imide groups is 1. The van der Waals surface area contributed by atoms with Gasteiger partial charge in [0.05, 0.1) is 23.1 Å². The zero-order valence-electron chi connectivity index (χ0n) is 19.1. The molecule has 35 heavy (non-hydrogen) atoms. The Morgan fingerprint density at radius 2 is 1.66 bits per heavy atom. The number of para-hydroxylation sites is 1. The lowest BCUT2D eigenvalue weighted by atomic mass is 10.1. The standard InChI is InChI=1S/C27H24ClNO5S/c1-2-32-23-16-20(15-22(28)25(23)34-18-19-9-5-3-6-10-19)17-24-26(30)29(27(31)35-24)13-14-33-21-11-7-4-8-12-21/h3-12,15-17H,2,13-14,18H2,1H3/b24-17-. The van der Waals surface area contributed by atoms with E-state index in [-0.39, 0.29) is 24.3 Å². The molecule has 0 saturated carbocycles. The summed E-state index contributed by atoms with van der Waals surface area (Å²) in [6, 6.07) is 22.4. The van der Waals surface area contributed by atoms with E-state index in [4.69, 9.17) is 25.8 Å². The molecule has 0 spiro atoms. The average Bonchev–Trinajstić information content (AvgIpc) is 3.12. The van der Waals surface area contributed by atoms with Gasteiger partial charge in [-0.15, -0.1) is 0 Å². The highest BCUT2D eigenvalue weighted by atomic mass is 35.5. The summed E-state index contributed by atoms with van der Waals surface area (Å²) < 4.78 is 17.3. The predicted molar refractivity (Wildman–Crippen MR) is 138 cm³/mol. The molecule has 6 nitrogen and oxygen atoms in total. The van der Waals surface area contributed by atoms with Crippen molar-refractivity contribution in [2.75, 3.05) is 19.8 Å². The fourth-order valence-corrected chi connectivity index (χ4v) is 4.56. The summed E-state index contributed by atoms with van der Waals surface area (Å²) in [5.74, 6) is 1.22. The summed E-state index contributed by atoms with van der Waals surface area (Å²) >= 11 is 7.41. The van der Waals surface area contributed by atoms with E-state index in [1.807, 2.05) is 67.6 Å². The van der Waals surface area contributed by atoms with E-state index in [1.165, 1.54) is 4.90 Å². The Bertz CT molecular complexity index is 1220. The van der Waals surface area contributed by atoms with Crippen molar-refractivity contribution in [3.8, 4) is 17.2 Å². The van der Waals surface area contributed by atoms with Gasteiger partial charge >= 0.3 is 0 Å². The molecule has 1 aliphatic heterocycles. The summed E-state index contributed by atoms with van der Waals surface area (Å²) in [6.45, 7) is 2.99. The zero-order chi connectivity index (χ0) is 24.6. The Labute approximate surface area is 213 Å². The van der Waals surface area contributed by atoms with E-state index in [9.17, 15) is 9.59 Å². The fourth-order valence-electron chi connectivity index (χ4n) is 3.42. The number of amides is 2. The Balaban J connectivity index is 1.46. The third kappa shape index (κ3) is 6.38. The zero-order valence-corrected chi connectivity index (χ0v) is 20.7. The molecule has 1 aliphatic rings. The molecule has 2 amide bonds. The quantitative estimate of drug-likeness (QED) is 0.293. The Morgan fingerprint density at radius 3 is 2.37 bits per heavy atom. The molecular weight excluding hydrogens is 486 g/mol. The van der Waals surface area contributed by atoms with Crippen LogP contribution in [-0.2, 0) is 11.4 Å². The van der Waals surface area contributed by atoms with E-state index < -0.39 is 0 Å². The van der Waals surface area contributed by atoms with Gasteiger partial charge in [0.2, 0.25) is 0 Å². The minimum absolute atomic E-state index is 0.161. The van der Waals surface area contributed by atoms with Gasteiger partial charge in [0.1, 0.15) is 19.0 Å². The number of carbonyl (C=O) groups is 2. The van der Waals surface area contributed by atoms with Crippen LogP contribution in [0.3, 0.4) is 0 Å². The summed E-state index contributed by atoms with van der Waals surface area (Å²) in [7, 11) is 0. The molecule has 1 heterocycles. The molecule has 1 saturated heterocycles. The van der Waals surface area contributed by atoms with Crippen LogP contribution in [-0.4, -0.2) is 35.8 Å². The molecule has 0 atom stereocenters. The predicted octanol–water partition coefficient (Wildman–Crippen LogP) is 6.43. The average molecular weight is 510 g/mol. The molecule has 180 valence electrons. The lowest BCUT2D eigenvalue weighted by Gasteiger charge is -2.15. The molecule has 0 radical (unpaired) electrons. The number of halogens is 1. The molecule has 0 aromatic heterocycles. The van der Waals surface area contributed by atoms with Crippen molar-refractivity contribution in [2.45, 2.75) is 13.5 Å². The van der Waals surface area contributed by atoms with E-state index in [1.54, 1.807) is 18.2 Å². The first-order valence-corrected chi connectivity index (χ1v) is 12.3. The smallest absolute Gasteiger partial charge is 0.293 e. The number of ether oxygens (including phenoxy) is 3. The highest BCUT2D eigenvalue weighted by molar-refractivity contribution is 8.18. The van der Waals surface area contributed by atoms with E-state index in [0.717, 1.165) is 17.3 Å². The van der Waals surface area contributed by atoms with Gasteiger partial charge in [-0.05, 0) is 60.2 Å². The van der Waals surface area contributed by atoms with Crippen LogP contribution in [0.15, 0.2) is 77.7 Å². The number of thioether (sulfide) groups is 1. The van der Waals surface area contributed by atoms with Crippen LogP contribution in [0.1, 0.15) is 18.1 Å². The third-order valence-corrected chi connectivity index (χ3v) is 6.24. The Hall–Kier alpha value is -3.42. The van der Waals surface area contributed by atoms with Gasteiger partial charge < -0.3 is 14.2 Å². The van der Waals surface area contributed by atoms with E-state index in [2.05, 4.69) is 0 Å². The van der Waals surface area contributed by atoms with Crippen LogP contribution in [0.2, 0.25) is 5.02 Å².